The van der Waals surface area contributed by atoms with Crippen LogP contribution in [0.2, 0.25) is 0 Å². The predicted octanol–water partition coefficient (Wildman–Crippen LogP) is 1.27. The Kier molecular flexibility index (Phi) is 6.00. The van der Waals surface area contributed by atoms with Crippen LogP contribution in [0.3, 0.4) is 0 Å². The Hall–Kier alpha value is -0.920. The van der Waals surface area contributed by atoms with E-state index in [4.69, 9.17) is 4.74 Å². The van der Waals surface area contributed by atoms with Crippen molar-refractivity contribution < 1.29 is 9.84 Å². The fourth-order valence-corrected chi connectivity index (χ4v) is 2.69. The van der Waals surface area contributed by atoms with E-state index in [1.54, 1.807) is 0 Å². The molecule has 2 rings (SSSR count). The van der Waals surface area contributed by atoms with Gasteiger partial charge in [0.25, 0.3) is 5.88 Å². The lowest BCUT2D eigenvalue weighted by Gasteiger charge is -2.26. The van der Waals surface area contributed by atoms with Crippen molar-refractivity contribution in [2.75, 3.05) is 31.1 Å². The Balaban J connectivity index is 1.82. The van der Waals surface area contributed by atoms with Gasteiger partial charge in [-0.15, -0.1) is 4.37 Å². The van der Waals surface area contributed by atoms with Crippen LogP contribution in [0.5, 0.6) is 5.88 Å². The van der Waals surface area contributed by atoms with Crippen molar-refractivity contribution in [2.24, 2.45) is 0 Å². The van der Waals surface area contributed by atoms with E-state index in [9.17, 15) is 5.11 Å². The fraction of sp³-hybridized carbons (Fsp3) is 0.846. The number of rotatable bonds is 7. The van der Waals surface area contributed by atoms with E-state index in [1.807, 2.05) is 13.8 Å². The Bertz CT molecular complexity index is 393. The Labute approximate surface area is 124 Å². The summed E-state index contributed by atoms with van der Waals surface area (Å²) >= 11 is 1.17. The third-order valence-corrected chi connectivity index (χ3v) is 3.77. The molecule has 7 heteroatoms. The molecule has 0 unspecified atom stereocenters. The summed E-state index contributed by atoms with van der Waals surface area (Å²) < 4.78 is 14.1. The largest absolute Gasteiger partial charge is 0.472 e. The van der Waals surface area contributed by atoms with Gasteiger partial charge < -0.3 is 20.1 Å². The van der Waals surface area contributed by atoms with Gasteiger partial charge in [0.2, 0.25) is 5.82 Å². The van der Waals surface area contributed by atoms with Gasteiger partial charge in [0.15, 0.2) is 0 Å². The van der Waals surface area contributed by atoms with Crippen molar-refractivity contribution in [1.29, 1.82) is 0 Å². The maximum absolute atomic E-state index is 9.85. The molecule has 0 saturated carbocycles. The van der Waals surface area contributed by atoms with Crippen LogP contribution >= 0.6 is 11.7 Å². The number of anilines is 1. The molecule has 0 bridgehead atoms. The molecule has 6 nitrogen and oxygen atoms in total. The molecule has 114 valence electrons. The molecule has 1 aliphatic heterocycles. The number of hydrogen-bond acceptors (Lipinski definition) is 7. The molecular formula is C13H24N4O2S. The Morgan fingerprint density at radius 2 is 2.05 bits per heavy atom. The highest BCUT2D eigenvalue weighted by Gasteiger charge is 2.20. The average Bonchev–Trinajstić information content (AvgIpc) is 2.92. The maximum atomic E-state index is 9.85. The molecule has 1 aliphatic rings. The Morgan fingerprint density at radius 3 is 2.75 bits per heavy atom. The summed E-state index contributed by atoms with van der Waals surface area (Å²) in [7, 11) is 0. The molecule has 0 amide bonds. The van der Waals surface area contributed by atoms with Gasteiger partial charge in [-0.05, 0) is 19.3 Å². The normalized spacial score (nSPS) is 17.5. The first-order chi connectivity index (χ1) is 9.66. The summed E-state index contributed by atoms with van der Waals surface area (Å²) in [5.41, 5.74) is 0. The highest BCUT2D eigenvalue weighted by Crippen LogP contribution is 2.28. The van der Waals surface area contributed by atoms with E-state index >= 15 is 0 Å². The molecule has 2 heterocycles. The minimum atomic E-state index is -0.534. The van der Waals surface area contributed by atoms with Gasteiger partial charge in [0.1, 0.15) is 12.7 Å². The fourth-order valence-electron chi connectivity index (χ4n) is 2.17. The van der Waals surface area contributed by atoms with Crippen LogP contribution in [0.15, 0.2) is 0 Å². The lowest BCUT2D eigenvalue weighted by molar-refractivity contribution is 0.103. The first kappa shape index (κ1) is 15.5. The lowest BCUT2D eigenvalue weighted by Crippen LogP contribution is -2.35. The number of aliphatic hydroxyl groups excluding tert-OH is 1. The van der Waals surface area contributed by atoms with Gasteiger partial charge in [-0.1, -0.05) is 13.8 Å². The molecule has 1 fully saturated rings. The van der Waals surface area contributed by atoms with Gasteiger partial charge in [-0.25, -0.2) is 0 Å². The molecule has 1 saturated heterocycles. The average molecular weight is 300 g/mol. The number of piperidine rings is 1. The summed E-state index contributed by atoms with van der Waals surface area (Å²) in [4.78, 5) is 2.22. The van der Waals surface area contributed by atoms with Crippen molar-refractivity contribution in [2.45, 2.75) is 45.3 Å². The molecule has 0 aromatic carbocycles. The van der Waals surface area contributed by atoms with Crippen LogP contribution < -0.4 is 15.0 Å². The van der Waals surface area contributed by atoms with Crippen LogP contribution in [0, 0.1) is 0 Å². The van der Waals surface area contributed by atoms with Crippen LogP contribution in [0.25, 0.3) is 0 Å². The van der Waals surface area contributed by atoms with E-state index < -0.39 is 6.10 Å². The van der Waals surface area contributed by atoms with Gasteiger partial charge in [0.05, 0.1) is 11.7 Å². The van der Waals surface area contributed by atoms with Gasteiger partial charge in [-0.3, -0.25) is 0 Å². The number of aliphatic hydroxyl groups is 1. The highest BCUT2D eigenvalue weighted by molar-refractivity contribution is 6.99. The third kappa shape index (κ3) is 4.57. The maximum Gasteiger partial charge on any atom is 0.270 e. The van der Waals surface area contributed by atoms with Crippen molar-refractivity contribution >= 4 is 17.5 Å². The summed E-state index contributed by atoms with van der Waals surface area (Å²) in [5.74, 6) is 1.39. The predicted molar refractivity (Wildman–Crippen MR) is 80.6 cm³/mol. The molecular weight excluding hydrogens is 276 g/mol. The van der Waals surface area contributed by atoms with E-state index in [-0.39, 0.29) is 6.61 Å². The van der Waals surface area contributed by atoms with Crippen molar-refractivity contribution in [3.05, 3.63) is 0 Å². The molecule has 2 N–H and O–H groups in total. The van der Waals surface area contributed by atoms with E-state index in [0.29, 0.717) is 18.5 Å². The zero-order valence-corrected chi connectivity index (χ0v) is 13.0. The SMILES string of the molecule is CC(C)NC[C@H](O)COc1nsnc1N1CCCCC1. The third-order valence-electron chi connectivity index (χ3n) is 3.27. The summed E-state index contributed by atoms with van der Waals surface area (Å²) in [6, 6.07) is 0.356. The summed E-state index contributed by atoms with van der Waals surface area (Å²) in [6.07, 6.45) is 3.13. The van der Waals surface area contributed by atoms with Crippen LogP contribution in [-0.2, 0) is 0 Å². The van der Waals surface area contributed by atoms with Crippen molar-refractivity contribution in [1.82, 2.24) is 14.1 Å². The van der Waals surface area contributed by atoms with Gasteiger partial charge in [0, 0.05) is 25.7 Å². The smallest absolute Gasteiger partial charge is 0.270 e. The minimum Gasteiger partial charge on any atom is -0.472 e. The summed E-state index contributed by atoms with van der Waals surface area (Å²) in [5, 5.41) is 13.0. The van der Waals surface area contributed by atoms with E-state index in [0.717, 1.165) is 18.9 Å². The van der Waals surface area contributed by atoms with Crippen LogP contribution in [0.4, 0.5) is 5.82 Å². The number of nitrogens with zero attached hydrogens (tertiary/aromatic N) is 3. The number of nitrogens with one attached hydrogen (secondary N) is 1. The molecule has 0 spiro atoms. The molecule has 0 aliphatic carbocycles. The van der Waals surface area contributed by atoms with Crippen molar-refractivity contribution in [3.8, 4) is 5.88 Å². The highest BCUT2D eigenvalue weighted by atomic mass is 32.1. The van der Waals surface area contributed by atoms with Crippen LogP contribution in [-0.4, -0.2) is 52.2 Å². The molecule has 1 atom stereocenters. The molecule has 0 radical (unpaired) electrons. The van der Waals surface area contributed by atoms with Crippen molar-refractivity contribution in [3.63, 3.8) is 0 Å². The number of hydrogen-bond donors (Lipinski definition) is 2. The standard InChI is InChI=1S/C13H24N4O2S/c1-10(2)14-8-11(18)9-19-13-12(15-20-16-13)17-6-4-3-5-7-17/h10-11,14,18H,3-9H2,1-2H3/t11-/m0/s1. The second-order valence-electron chi connectivity index (χ2n) is 5.47. The van der Waals surface area contributed by atoms with Gasteiger partial charge in [-0.2, -0.15) is 4.37 Å². The zero-order chi connectivity index (χ0) is 14.4. The van der Waals surface area contributed by atoms with E-state index in [1.165, 1.54) is 31.0 Å². The first-order valence-electron chi connectivity index (χ1n) is 7.28. The monoisotopic (exact) mass is 300 g/mol. The second kappa shape index (κ2) is 7.75. The molecule has 1 aromatic heterocycles. The quantitative estimate of drug-likeness (QED) is 0.790. The summed E-state index contributed by atoms with van der Waals surface area (Å²) in [6.45, 7) is 6.89. The molecule has 1 aromatic rings. The number of aromatic nitrogens is 2. The van der Waals surface area contributed by atoms with Crippen LogP contribution in [0.1, 0.15) is 33.1 Å². The minimum absolute atomic E-state index is 0.242. The zero-order valence-electron chi connectivity index (χ0n) is 12.2. The van der Waals surface area contributed by atoms with Gasteiger partial charge >= 0.3 is 0 Å². The Morgan fingerprint density at radius 1 is 1.30 bits per heavy atom. The second-order valence-corrected chi connectivity index (χ2v) is 6.00. The topological polar surface area (TPSA) is 70.5 Å². The lowest BCUT2D eigenvalue weighted by atomic mass is 10.1. The molecule has 20 heavy (non-hydrogen) atoms. The van der Waals surface area contributed by atoms with E-state index in [2.05, 4.69) is 19.0 Å². The number of ether oxygens (including phenoxy) is 1. The first-order valence-corrected chi connectivity index (χ1v) is 8.01.